The molecule has 0 aromatic rings. The van der Waals surface area contributed by atoms with Crippen molar-refractivity contribution in [2.75, 3.05) is 13.1 Å². The first-order valence-electron chi connectivity index (χ1n) is 8.67. The fourth-order valence-electron chi connectivity index (χ4n) is 5.99. The van der Waals surface area contributed by atoms with E-state index in [1.165, 1.54) is 6.42 Å². The van der Waals surface area contributed by atoms with Crippen LogP contribution in [0, 0.1) is 23.2 Å². The summed E-state index contributed by atoms with van der Waals surface area (Å²) in [5.74, 6) is 1.28. The van der Waals surface area contributed by atoms with Crippen LogP contribution in [0.15, 0.2) is 0 Å². The number of nitrogens with zero attached hydrogens (tertiary/aromatic N) is 2. The van der Waals surface area contributed by atoms with Crippen LogP contribution in [0.5, 0.6) is 0 Å². The normalized spacial score (nSPS) is 46.0. The first-order chi connectivity index (χ1) is 10.5. The van der Waals surface area contributed by atoms with E-state index in [-0.39, 0.29) is 17.5 Å². The summed E-state index contributed by atoms with van der Waals surface area (Å²) >= 11 is 0. The van der Waals surface area contributed by atoms with Crippen LogP contribution in [0.2, 0.25) is 0 Å². The van der Waals surface area contributed by atoms with Gasteiger partial charge in [-0.1, -0.05) is 0 Å². The standard InChI is InChI=1S/C17H25N3O2/c18-9-14-2-1-3-20(14)15(21)10-19-16-5-12-4-13(6-16)8-17(22,7-12)11-16/h12-14,19,22H,1-8,10-11H2/t12-,13?,14-,16?,17?/m0/s1. The third-order valence-corrected chi connectivity index (χ3v) is 6.37. The highest BCUT2D eigenvalue weighted by Crippen LogP contribution is 2.57. The van der Waals surface area contributed by atoms with E-state index in [2.05, 4.69) is 11.4 Å². The molecule has 1 amide bonds. The highest BCUT2D eigenvalue weighted by atomic mass is 16.3. The van der Waals surface area contributed by atoms with Crippen LogP contribution in [0.1, 0.15) is 51.4 Å². The summed E-state index contributed by atoms with van der Waals surface area (Å²) < 4.78 is 0. The second kappa shape index (κ2) is 4.94. The molecule has 1 aliphatic heterocycles. The molecule has 0 aromatic carbocycles. The zero-order chi connectivity index (χ0) is 15.4. The van der Waals surface area contributed by atoms with Gasteiger partial charge >= 0.3 is 0 Å². The molecule has 4 aliphatic carbocycles. The minimum Gasteiger partial charge on any atom is -0.390 e. The summed E-state index contributed by atoms with van der Waals surface area (Å²) in [4.78, 5) is 14.2. The molecule has 5 atom stereocenters. The number of aliphatic hydroxyl groups is 1. The number of amides is 1. The molecule has 0 spiro atoms. The monoisotopic (exact) mass is 303 g/mol. The molecule has 0 aromatic heterocycles. The van der Waals surface area contributed by atoms with Gasteiger partial charge in [0.15, 0.2) is 0 Å². The number of hydrogen-bond acceptors (Lipinski definition) is 4. The predicted molar refractivity (Wildman–Crippen MR) is 80.7 cm³/mol. The SMILES string of the molecule is N#C[C@@H]1CCCN1C(=O)CNC12CC3C[C@H](CC(O)(C3)C1)C2. The number of nitriles is 1. The third-order valence-electron chi connectivity index (χ3n) is 6.37. The Bertz CT molecular complexity index is 512. The van der Waals surface area contributed by atoms with Crippen molar-refractivity contribution >= 4 is 5.91 Å². The lowest BCUT2D eigenvalue weighted by molar-refractivity contribution is -0.147. The van der Waals surface area contributed by atoms with E-state index >= 15 is 0 Å². The Morgan fingerprint density at radius 1 is 1.32 bits per heavy atom. The molecule has 4 saturated carbocycles. The van der Waals surface area contributed by atoms with Gasteiger partial charge in [0.2, 0.25) is 5.91 Å². The van der Waals surface area contributed by atoms with Crippen molar-refractivity contribution in [3.8, 4) is 6.07 Å². The quantitative estimate of drug-likeness (QED) is 0.821. The molecule has 2 N–H and O–H groups in total. The van der Waals surface area contributed by atoms with Crippen LogP contribution < -0.4 is 5.32 Å². The Morgan fingerprint density at radius 2 is 2.05 bits per heavy atom. The molecule has 0 radical (unpaired) electrons. The van der Waals surface area contributed by atoms with Crippen LogP contribution >= 0.6 is 0 Å². The van der Waals surface area contributed by atoms with E-state index in [9.17, 15) is 9.90 Å². The number of hydrogen-bond donors (Lipinski definition) is 2. The second-order valence-corrected chi connectivity index (χ2v) is 8.19. The van der Waals surface area contributed by atoms with Gasteiger partial charge in [-0.3, -0.25) is 4.79 Å². The van der Waals surface area contributed by atoms with Crippen LogP contribution in [-0.2, 0) is 4.79 Å². The van der Waals surface area contributed by atoms with Crippen molar-refractivity contribution in [3.05, 3.63) is 0 Å². The van der Waals surface area contributed by atoms with Gasteiger partial charge in [-0.25, -0.2) is 0 Å². The minimum absolute atomic E-state index is 0.0453. The molecular weight excluding hydrogens is 278 g/mol. The maximum atomic E-state index is 12.4. The van der Waals surface area contributed by atoms with E-state index in [1.54, 1.807) is 4.90 Å². The van der Waals surface area contributed by atoms with Crippen molar-refractivity contribution in [2.45, 2.75) is 68.5 Å². The zero-order valence-electron chi connectivity index (χ0n) is 13.1. The van der Waals surface area contributed by atoms with Crippen LogP contribution in [0.4, 0.5) is 0 Å². The van der Waals surface area contributed by atoms with Crippen molar-refractivity contribution < 1.29 is 9.90 Å². The predicted octanol–water partition coefficient (Wildman–Crippen LogP) is 1.17. The second-order valence-electron chi connectivity index (χ2n) is 8.19. The van der Waals surface area contributed by atoms with E-state index in [1.807, 2.05) is 0 Å². The maximum Gasteiger partial charge on any atom is 0.237 e. The molecule has 5 aliphatic rings. The van der Waals surface area contributed by atoms with Crippen LogP contribution in [-0.4, -0.2) is 46.2 Å². The molecule has 120 valence electrons. The molecule has 1 saturated heterocycles. The van der Waals surface area contributed by atoms with E-state index in [4.69, 9.17) is 5.26 Å². The first-order valence-corrected chi connectivity index (χ1v) is 8.67. The molecule has 22 heavy (non-hydrogen) atoms. The Kier molecular flexibility index (Phi) is 3.25. The lowest BCUT2D eigenvalue weighted by Gasteiger charge is -2.60. The topological polar surface area (TPSA) is 76.4 Å². The summed E-state index contributed by atoms with van der Waals surface area (Å²) in [6.07, 6.45) is 7.87. The Balaban J connectivity index is 1.41. The zero-order valence-corrected chi connectivity index (χ0v) is 13.1. The summed E-state index contributed by atoms with van der Waals surface area (Å²) in [5.41, 5.74) is -0.542. The molecule has 3 unspecified atom stereocenters. The van der Waals surface area contributed by atoms with E-state index in [0.717, 1.165) is 44.9 Å². The van der Waals surface area contributed by atoms with Gasteiger partial charge in [-0.05, 0) is 63.2 Å². The van der Waals surface area contributed by atoms with Crippen molar-refractivity contribution in [3.63, 3.8) is 0 Å². The Labute approximate surface area is 131 Å². The fraction of sp³-hybridized carbons (Fsp3) is 0.882. The molecule has 5 nitrogen and oxygen atoms in total. The van der Waals surface area contributed by atoms with Crippen molar-refractivity contribution in [2.24, 2.45) is 11.8 Å². The number of likely N-dealkylation sites (tertiary alicyclic amines) is 1. The summed E-state index contributed by atoms with van der Waals surface area (Å²) in [6.45, 7) is 1.02. The van der Waals surface area contributed by atoms with Crippen LogP contribution in [0.3, 0.4) is 0 Å². The molecule has 5 fully saturated rings. The summed E-state index contributed by atoms with van der Waals surface area (Å²) in [6, 6.07) is 1.99. The third kappa shape index (κ3) is 2.33. The first kappa shape index (κ1) is 14.5. The smallest absolute Gasteiger partial charge is 0.237 e. The number of carbonyl (C=O) groups is 1. The van der Waals surface area contributed by atoms with Gasteiger partial charge in [0.1, 0.15) is 6.04 Å². The largest absolute Gasteiger partial charge is 0.390 e. The summed E-state index contributed by atoms with van der Waals surface area (Å²) in [5, 5.41) is 23.4. The molecule has 1 heterocycles. The van der Waals surface area contributed by atoms with Gasteiger partial charge in [-0.2, -0.15) is 5.26 Å². The molecule has 5 rings (SSSR count). The maximum absolute atomic E-state index is 12.4. The molecule has 4 bridgehead atoms. The van der Waals surface area contributed by atoms with E-state index in [0.29, 0.717) is 24.9 Å². The van der Waals surface area contributed by atoms with Crippen LogP contribution in [0.25, 0.3) is 0 Å². The van der Waals surface area contributed by atoms with Gasteiger partial charge in [-0.15, -0.1) is 0 Å². The number of nitrogens with one attached hydrogen (secondary N) is 1. The minimum atomic E-state index is -0.497. The Morgan fingerprint density at radius 3 is 2.68 bits per heavy atom. The fourth-order valence-corrected chi connectivity index (χ4v) is 5.99. The summed E-state index contributed by atoms with van der Waals surface area (Å²) in [7, 11) is 0. The number of rotatable bonds is 3. The molecular formula is C17H25N3O2. The lowest BCUT2D eigenvalue weighted by atomic mass is 9.51. The lowest BCUT2D eigenvalue weighted by Crippen LogP contribution is -2.65. The molecule has 5 heteroatoms. The Hall–Kier alpha value is -1.12. The highest BCUT2D eigenvalue weighted by Gasteiger charge is 2.57. The van der Waals surface area contributed by atoms with Gasteiger partial charge in [0.25, 0.3) is 0 Å². The van der Waals surface area contributed by atoms with Gasteiger partial charge in [0.05, 0.1) is 18.2 Å². The van der Waals surface area contributed by atoms with Crippen molar-refractivity contribution in [1.82, 2.24) is 10.2 Å². The average molecular weight is 303 g/mol. The average Bonchev–Trinajstić information content (AvgIpc) is 2.90. The van der Waals surface area contributed by atoms with E-state index < -0.39 is 5.60 Å². The van der Waals surface area contributed by atoms with Crippen molar-refractivity contribution in [1.29, 1.82) is 5.26 Å². The van der Waals surface area contributed by atoms with Gasteiger partial charge < -0.3 is 15.3 Å². The number of carbonyl (C=O) groups excluding carboxylic acids is 1. The highest BCUT2D eigenvalue weighted by molar-refractivity contribution is 5.79. The van der Waals surface area contributed by atoms with Gasteiger partial charge in [0, 0.05) is 12.1 Å².